The van der Waals surface area contributed by atoms with E-state index in [0.29, 0.717) is 0 Å². The van der Waals surface area contributed by atoms with E-state index in [1.165, 1.54) is 30.6 Å². The number of nitrogens with two attached hydrogens (primary N) is 1. The van der Waals surface area contributed by atoms with Crippen LogP contribution >= 0.6 is 0 Å². The fraction of sp³-hybridized carbons (Fsp3) is 0.500. The molecule has 1 aliphatic heterocycles. The Morgan fingerprint density at radius 1 is 1.21 bits per heavy atom. The van der Waals surface area contributed by atoms with Gasteiger partial charge in [-0.1, -0.05) is 18.2 Å². The number of rotatable bonds is 4. The molecular weight excluding hydrogens is 172 g/mol. The van der Waals surface area contributed by atoms with E-state index >= 15 is 0 Å². The van der Waals surface area contributed by atoms with Crippen LogP contribution in [0.25, 0.3) is 0 Å². The van der Waals surface area contributed by atoms with Crippen molar-refractivity contribution in [2.75, 3.05) is 24.5 Å². The average molecular weight is 190 g/mol. The predicted molar refractivity (Wildman–Crippen MR) is 60.6 cm³/mol. The predicted octanol–water partition coefficient (Wildman–Crippen LogP) is 1.79. The van der Waals surface area contributed by atoms with Crippen LogP contribution in [0.5, 0.6) is 0 Å². The van der Waals surface area contributed by atoms with Gasteiger partial charge in [0, 0.05) is 18.8 Å². The third kappa shape index (κ3) is 1.90. The van der Waals surface area contributed by atoms with Crippen molar-refractivity contribution < 1.29 is 0 Å². The number of unbranched alkanes of at least 4 members (excludes halogenated alkanes) is 1. The van der Waals surface area contributed by atoms with Gasteiger partial charge in [0.05, 0.1) is 0 Å². The molecule has 0 radical (unpaired) electrons. The van der Waals surface area contributed by atoms with Crippen molar-refractivity contribution in [2.24, 2.45) is 5.73 Å². The van der Waals surface area contributed by atoms with E-state index in [1.807, 2.05) is 0 Å². The van der Waals surface area contributed by atoms with E-state index in [9.17, 15) is 0 Å². The van der Waals surface area contributed by atoms with Gasteiger partial charge in [0.25, 0.3) is 0 Å². The molecule has 0 bridgehead atoms. The van der Waals surface area contributed by atoms with Crippen LogP contribution in [0.4, 0.5) is 5.69 Å². The molecule has 0 saturated carbocycles. The van der Waals surface area contributed by atoms with Crippen LogP contribution in [-0.4, -0.2) is 19.6 Å². The first-order valence-corrected chi connectivity index (χ1v) is 5.45. The molecule has 0 spiro atoms. The zero-order chi connectivity index (χ0) is 9.80. The summed E-state index contributed by atoms with van der Waals surface area (Å²) in [5.74, 6) is 0. The molecule has 1 aliphatic rings. The number of anilines is 1. The summed E-state index contributed by atoms with van der Waals surface area (Å²) in [5, 5.41) is 0. The van der Waals surface area contributed by atoms with Gasteiger partial charge in [0.1, 0.15) is 0 Å². The van der Waals surface area contributed by atoms with Crippen molar-refractivity contribution in [3.8, 4) is 0 Å². The second kappa shape index (κ2) is 4.47. The van der Waals surface area contributed by atoms with Gasteiger partial charge < -0.3 is 10.6 Å². The van der Waals surface area contributed by atoms with Gasteiger partial charge in [-0.05, 0) is 37.4 Å². The lowest BCUT2D eigenvalue weighted by Crippen LogP contribution is -2.22. The molecule has 0 unspecified atom stereocenters. The maximum atomic E-state index is 5.49. The van der Waals surface area contributed by atoms with Gasteiger partial charge in [0.15, 0.2) is 0 Å². The number of benzene rings is 1. The van der Waals surface area contributed by atoms with Crippen LogP contribution in [0, 0.1) is 0 Å². The lowest BCUT2D eigenvalue weighted by atomic mass is 10.2. The Hall–Kier alpha value is -1.02. The van der Waals surface area contributed by atoms with E-state index in [1.54, 1.807) is 0 Å². The van der Waals surface area contributed by atoms with Crippen LogP contribution in [0.3, 0.4) is 0 Å². The molecule has 2 heteroatoms. The minimum atomic E-state index is 0.815. The second-order valence-corrected chi connectivity index (χ2v) is 3.86. The SMILES string of the molecule is NCCCCN1CCc2ccccc21. The molecule has 1 heterocycles. The standard InChI is InChI=1S/C12H18N2/c13-8-3-4-9-14-10-7-11-5-1-2-6-12(11)14/h1-2,5-6H,3-4,7-10,13H2. The Morgan fingerprint density at radius 3 is 2.93 bits per heavy atom. The molecule has 2 N–H and O–H groups in total. The Bertz CT molecular complexity index is 296. The fourth-order valence-corrected chi connectivity index (χ4v) is 2.09. The maximum absolute atomic E-state index is 5.49. The van der Waals surface area contributed by atoms with E-state index in [2.05, 4.69) is 29.2 Å². The van der Waals surface area contributed by atoms with E-state index in [-0.39, 0.29) is 0 Å². The quantitative estimate of drug-likeness (QED) is 0.733. The van der Waals surface area contributed by atoms with Gasteiger partial charge in [0.2, 0.25) is 0 Å². The van der Waals surface area contributed by atoms with Crippen molar-refractivity contribution in [1.82, 2.24) is 0 Å². The molecule has 0 saturated heterocycles. The summed E-state index contributed by atoms with van der Waals surface area (Å²) < 4.78 is 0. The van der Waals surface area contributed by atoms with E-state index in [0.717, 1.165) is 19.5 Å². The molecule has 0 atom stereocenters. The third-order valence-electron chi connectivity index (χ3n) is 2.87. The fourth-order valence-electron chi connectivity index (χ4n) is 2.09. The summed E-state index contributed by atoms with van der Waals surface area (Å²) in [5.41, 5.74) is 8.42. The van der Waals surface area contributed by atoms with Crippen molar-refractivity contribution in [2.45, 2.75) is 19.3 Å². The van der Waals surface area contributed by atoms with Crippen molar-refractivity contribution in [1.29, 1.82) is 0 Å². The number of hydrogen-bond donors (Lipinski definition) is 1. The molecule has 0 aliphatic carbocycles. The normalized spacial score (nSPS) is 14.5. The first-order valence-electron chi connectivity index (χ1n) is 5.45. The molecular formula is C12H18N2. The molecule has 0 amide bonds. The minimum absolute atomic E-state index is 0.815. The van der Waals surface area contributed by atoms with Crippen LogP contribution in [-0.2, 0) is 6.42 Å². The van der Waals surface area contributed by atoms with Crippen LogP contribution in [0.15, 0.2) is 24.3 Å². The van der Waals surface area contributed by atoms with Crippen molar-refractivity contribution >= 4 is 5.69 Å². The molecule has 14 heavy (non-hydrogen) atoms. The number of fused-ring (bicyclic) bond motifs is 1. The van der Waals surface area contributed by atoms with Gasteiger partial charge >= 0.3 is 0 Å². The first-order chi connectivity index (χ1) is 6.92. The zero-order valence-corrected chi connectivity index (χ0v) is 8.58. The minimum Gasteiger partial charge on any atom is -0.371 e. The topological polar surface area (TPSA) is 29.3 Å². The van der Waals surface area contributed by atoms with E-state index < -0.39 is 0 Å². The van der Waals surface area contributed by atoms with Crippen LogP contribution in [0.1, 0.15) is 18.4 Å². The Kier molecular flexibility index (Phi) is 3.04. The summed E-state index contributed by atoms with van der Waals surface area (Å²) >= 11 is 0. The van der Waals surface area contributed by atoms with Crippen molar-refractivity contribution in [3.63, 3.8) is 0 Å². The average Bonchev–Trinajstić information content (AvgIpc) is 2.63. The molecule has 2 rings (SSSR count). The monoisotopic (exact) mass is 190 g/mol. The van der Waals surface area contributed by atoms with Gasteiger partial charge in [-0.3, -0.25) is 0 Å². The van der Waals surface area contributed by atoms with Crippen molar-refractivity contribution in [3.05, 3.63) is 29.8 Å². The van der Waals surface area contributed by atoms with Gasteiger partial charge in [-0.15, -0.1) is 0 Å². The molecule has 0 aromatic heterocycles. The lowest BCUT2D eigenvalue weighted by molar-refractivity contribution is 0.707. The largest absolute Gasteiger partial charge is 0.371 e. The molecule has 1 aromatic rings. The van der Waals surface area contributed by atoms with Gasteiger partial charge in [-0.2, -0.15) is 0 Å². The highest BCUT2D eigenvalue weighted by atomic mass is 15.1. The van der Waals surface area contributed by atoms with Crippen LogP contribution < -0.4 is 10.6 Å². The smallest absolute Gasteiger partial charge is 0.0399 e. The van der Waals surface area contributed by atoms with E-state index in [4.69, 9.17) is 5.73 Å². The number of para-hydroxylation sites is 1. The highest BCUT2D eigenvalue weighted by Crippen LogP contribution is 2.27. The molecule has 1 aromatic carbocycles. The maximum Gasteiger partial charge on any atom is 0.0399 e. The highest BCUT2D eigenvalue weighted by molar-refractivity contribution is 5.57. The Balaban J connectivity index is 1.96. The first kappa shape index (κ1) is 9.53. The molecule has 2 nitrogen and oxygen atoms in total. The summed E-state index contributed by atoms with van der Waals surface area (Å²) in [6.45, 7) is 3.16. The third-order valence-corrected chi connectivity index (χ3v) is 2.87. The Labute approximate surface area is 85.7 Å². The molecule has 0 fully saturated rings. The second-order valence-electron chi connectivity index (χ2n) is 3.86. The summed E-state index contributed by atoms with van der Waals surface area (Å²) in [4.78, 5) is 2.48. The number of nitrogens with zero attached hydrogens (tertiary/aromatic N) is 1. The molecule has 76 valence electrons. The van der Waals surface area contributed by atoms with Crippen LogP contribution in [0.2, 0.25) is 0 Å². The summed E-state index contributed by atoms with van der Waals surface area (Å²) in [6, 6.07) is 8.71. The zero-order valence-electron chi connectivity index (χ0n) is 8.58. The summed E-state index contributed by atoms with van der Waals surface area (Å²) in [7, 11) is 0. The Morgan fingerprint density at radius 2 is 2.07 bits per heavy atom. The lowest BCUT2D eigenvalue weighted by Gasteiger charge is -2.18. The number of hydrogen-bond acceptors (Lipinski definition) is 2. The summed E-state index contributed by atoms with van der Waals surface area (Å²) in [6.07, 6.45) is 3.56. The highest BCUT2D eigenvalue weighted by Gasteiger charge is 2.16. The van der Waals surface area contributed by atoms with Gasteiger partial charge in [-0.25, -0.2) is 0 Å².